The Labute approximate surface area is 156 Å². The average Bonchev–Trinajstić information content (AvgIpc) is 2.93. The van der Waals surface area contributed by atoms with Gasteiger partial charge >= 0.3 is 0 Å². The Morgan fingerprint density at radius 2 is 1.92 bits per heavy atom. The number of hydrogen-bond donors (Lipinski definition) is 2. The van der Waals surface area contributed by atoms with E-state index in [-0.39, 0.29) is 36.2 Å². The van der Waals surface area contributed by atoms with Crippen molar-refractivity contribution in [2.45, 2.75) is 45.7 Å². The number of carbonyl (C=O) groups excluding carboxylic acids is 2. The van der Waals surface area contributed by atoms with Crippen molar-refractivity contribution in [2.24, 2.45) is 17.6 Å². The molecular formula is C19H30ClN3O2. The molecular weight excluding hydrogens is 338 g/mol. The molecule has 3 unspecified atom stereocenters. The minimum absolute atomic E-state index is 0. The summed E-state index contributed by atoms with van der Waals surface area (Å²) in [6.07, 6.45) is 1.33. The lowest BCUT2D eigenvalue weighted by molar-refractivity contribution is -0.137. The number of likely N-dealkylation sites (tertiary alicyclic amines) is 1. The molecule has 2 rings (SSSR count). The van der Waals surface area contributed by atoms with E-state index < -0.39 is 6.04 Å². The second kappa shape index (κ2) is 9.78. The molecule has 0 aliphatic carbocycles. The van der Waals surface area contributed by atoms with Gasteiger partial charge in [-0.3, -0.25) is 9.59 Å². The quantitative estimate of drug-likeness (QED) is 0.811. The summed E-state index contributed by atoms with van der Waals surface area (Å²) >= 11 is 0. The van der Waals surface area contributed by atoms with E-state index in [2.05, 4.69) is 5.32 Å². The number of nitrogens with zero attached hydrogens (tertiary/aromatic N) is 1. The molecule has 1 aliphatic rings. The Kier molecular flexibility index (Phi) is 8.39. The predicted molar refractivity (Wildman–Crippen MR) is 102 cm³/mol. The summed E-state index contributed by atoms with van der Waals surface area (Å²) in [5.41, 5.74) is 6.60. The van der Waals surface area contributed by atoms with Crippen LogP contribution in [0.1, 0.15) is 45.2 Å². The summed E-state index contributed by atoms with van der Waals surface area (Å²) < 4.78 is 0. The Morgan fingerprint density at radius 3 is 2.44 bits per heavy atom. The van der Waals surface area contributed by atoms with Crippen LogP contribution in [0.2, 0.25) is 0 Å². The van der Waals surface area contributed by atoms with Crippen LogP contribution in [0.15, 0.2) is 30.3 Å². The maximum atomic E-state index is 13.1. The zero-order chi connectivity index (χ0) is 17.7. The standard InChI is InChI=1S/C19H29N3O2.ClH/c1-13(2)9-17(23)21-18(16-7-5-4-6-8-16)19(24)22-12-15(11-20)10-14(22)3;/h4-8,13-15,18H,9-12,20H2,1-3H3,(H,21,23);1H. The SMILES string of the molecule is CC(C)CC(=O)NC(C(=O)N1CC(CN)CC1C)c1ccccc1.Cl. The molecule has 0 radical (unpaired) electrons. The maximum absolute atomic E-state index is 13.1. The first-order chi connectivity index (χ1) is 11.4. The number of nitrogens with one attached hydrogen (secondary N) is 1. The molecule has 0 bridgehead atoms. The van der Waals surface area contributed by atoms with E-state index in [1.54, 1.807) is 0 Å². The van der Waals surface area contributed by atoms with Gasteiger partial charge in [-0.05, 0) is 37.3 Å². The van der Waals surface area contributed by atoms with E-state index in [9.17, 15) is 9.59 Å². The molecule has 1 aromatic carbocycles. The van der Waals surface area contributed by atoms with Crippen LogP contribution in [0.3, 0.4) is 0 Å². The van der Waals surface area contributed by atoms with Crippen LogP contribution in [-0.4, -0.2) is 35.8 Å². The largest absolute Gasteiger partial charge is 0.341 e. The van der Waals surface area contributed by atoms with Crippen molar-refractivity contribution in [1.29, 1.82) is 0 Å². The Hall–Kier alpha value is -1.59. The summed E-state index contributed by atoms with van der Waals surface area (Å²) in [5, 5.41) is 2.93. The fourth-order valence-corrected chi connectivity index (χ4v) is 3.31. The molecule has 0 saturated carbocycles. The zero-order valence-electron chi connectivity index (χ0n) is 15.3. The summed E-state index contributed by atoms with van der Waals surface area (Å²) in [7, 11) is 0. The van der Waals surface area contributed by atoms with Crippen molar-refractivity contribution in [1.82, 2.24) is 10.2 Å². The maximum Gasteiger partial charge on any atom is 0.250 e. The molecule has 5 nitrogen and oxygen atoms in total. The number of carbonyl (C=O) groups is 2. The van der Waals surface area contributed by atoms with Gasteiger partial charge in [0.05, 0.1) is 0 Å². The third-order valence-corrected chi connectivity index (χ3v) is 4.56. The highest BCUT2D eigenvalue weighted by Crippen LogP contribution is 2.26. The van der Waals surface area contributed by atoms with Crippen LogP contribution < -0.4 is 11.1 Å². The van der Waals surface area contributed by atoms with Gasteiger partial charge in [0.2, 0.25) is 11.8 Å². The fraction of sp³-hybridized carbons (Fsp3) is 0.579. The van der Waals surface area contributed by atoms with Crippen molar-refractivity contribution in [3.05, 3.63) is 35.9 Å². The lowest BCUT2D eigenvalue weighted by Crippen LogP contribution is -2.44. The van der Waals surface area contributed by atoms with E-state index in [1.807, 2.05) is 56.0 Å². The number of rotatable bonds is 6. The summed E-state index contributed by atoms with van der Waals surface area (Å²) in [5.74, 6) is 0.465. The van der Waals surface area contributed by atoms with E-state index >= 15 is 0 Å². The zero-order valence-corrected chi connectivity index (χ0v) is 16.1. The molecule has 6 heteroatoms. The highest BCUT2D eigenvalue weighted by Gasteiger charge is 2.36. The number of nitrogens with two attached hydrogens (primary N) is 1. The Bertz CT molecular complexity index is 565. The number of hydrogen-bond acceptors (Lipinski definition) is 3. The first-order valence-electron chi connectivity index (χ1n) is 8.77. The highest BCUT2D eigenvalue weighted by molar-refractivity contribution is 5.89. The summed E-state index contributed by atoms with van der Waals surface area (Å²) in [4.78, 5) is 27.2. The lowest BCUT2D eigenvalue weighted by Gasteiger charge is -2.28. The van der Waals surface area contributed by atoms with Crippen LogP contribution in [0.5, 0.6) is 0 Å². The molecule has 2 amide bonds. The Balaban J connectivity index is 0.00000312. The third-order valence-electron chi connectivity index (χ3n) is 4.56. The lowest BCUT2D eigenvalue weighted by atomic mass is 10.0. The molecule has 1 aromatic rings. The van der Waals surface area contributed by atoms with E-state index in [4.69, 9.17) is 5.73 Å². The predicted octanol–water partition coefficient (Wildman–Crippen LogP) is 2.51. The van der Waals surface area contributed by atoms with Crippen LogP contribution in [0, 0.1) is 11.8 Å². The van der Waals surface area contributed by atoms with Crippen molar-refractivity contribution in [3.63, 3.8) is 0 Å². The van der Waals surface area contributed by atoms with Crippen molar-refractivity contribution >= 4 is 24.2 Å². The van der Waals surface area contributed by atoms with Gasteiger partial charge in [-0.25, -0.2) is 0 Å². The van der Waals surface area contributed by atoms with E-state index in [0.29, 0.717) is 25.4 Å². The van der Waals surface area contributed by atoms with Crippen molar-refractivity contribution in [3.8, 4) is 0 Å². The molecule has 1 aliphatic heterocycles. The Morgan fingerprint density at radius 1 is 1.28 bits per heavy atom. The first kappa shape index (κ1) is 21.5. The number of halogens is 1. The molecule has 0 aromatic heterocycles. The minimum Gasteiger partial charge on any atom is -0.341 e. The topological polar surface area (TPSA) is 75.4 Å². The van der Waals surface area contributed by atoms with Crippen molar-refractivity contribution < 1.29 is 9.59 Å². The smallest absolute Gasteiger partial charge is 0.250 e. The van der Waals surface area contributed by atoms with Gasteiger partial charge in [-0.15, -0.1) is 12.4 Å². The van der Waals surface area contributed by atoms with Gasteiger partial charge in [-0.1, -0.05) is 44.2 Å². The van der Waals surface area contributed by atoms with Crippen LogP contribution in [0.4, 0.5) is 0 Å². The van der Waals surface area contributed by atoms with Crippen LogP contribution >= 0.6 is 12.4 Å². The van der Waals surface area contributed by atoms with Gasteiger partial charge < -0.3 is 16.0 Å². The first-order valence-corrected chi connectivity index (χ1v) is 8.77. The molecule has 3 atom stereocenters. The van der Waals surface area contributed by atoms with Gasteiger partial charge in [0, 0.05) is 19.0 Å². The van der Waals surface area contributed by atoms with Gasteiger partial charge in [0.15, 0.2) is 0 Å². The van der Waals surface area contributed by atoms with Crippen LogP contribution in [-0.2, 0) is 9.59 Å². The normalized spacial score (nSPS) is 20.9. The number of amides is 2. The van der Waals surface area contributed by atoms with Gasteiger partial charge in [-0.2, -0.15) is 0 Å². The fourth-order valence-electron chi connectivity index (χ4n) is 3.31. The summed E-state index contributed by atoms with van der Waals surface area (Å²) in [6.45, 7) is 7.29. The molecule has 0 spiro atoms. The van der Waals surface area contributed by atoms with Crippen LogP contribution in [0.25, 0.3) is 0 Å². The monoisotopic (exact) mass is 367 g/mol. The molecule has 140 valence electrons. The minimum atomic E-state index is -0.628. The van der Waals surface area contributed by atoms with Gasteiger partial charge in [0.1, 0.15) is 6.04 Å². The number of benzene rings is 1. The van der Waals surface area contributed by atoms with E-state index in [0.717, 1.165) is 12.0 Å². The third kappa shape index (κ3) is 5.72. The second-order valence-corrected chi connectivity index (χ2v) is 7.19. The molecule has 3 N–H and O–H groups in total. The molecule has 1 saturated heterocycles. The highest BCUT2D eigenvalue weighted by atomic mass is 35.5. The second-order valence-electron chi connectivity index (χ2n) is 7.19. The van der Waals surface area contributed by atoms with Crippen molar-refractivity contribution in [2.75, 3.05) is 13.1 Å². The molecule has 1 heterocycles. The average molecular weight is 368 g/mol. The van der Waals surface area contributed by atoms with E-state index in [1.165, 1.54) is 0 Å². The summed E-state index contributed by atoms with van der Waals surface area (Å²) in [6, 6.07) is 8.99. The molecule has 25 heavy (non-hydrogen) atoms. The van der Waals surface area contributed by atoms with Gasteiger partial charge in [0.25, 0.3) is 0 Å². The molecule has 1 fully saturated rings.